The van der Waals surface area contributed by atoms with Crippen molar-refractivity contribution in [1.82, 2.24) is 4.98 Å². The largest absolute Gasteiger partial charge is 0.505 e. The van der Waals surface area contributed by atoms with E-state index in [1.165, 1.54) is 0 Å². The molecule has 0 fully saturated rings. The van der Waals surface area contributed by atoms with Crippen molar-refractivity contribution in [2.24, 2.45) is 4.99 Å². The molecule has 0 unspecified atom stereocenters. The second-order valence-electron chi connectivity index (χ2n) is 5.29. The van der Waals surface area contributed by atoms with Crippen molar-refractivity contribution >= 4 is 44.6 Å². The van der Waals surface area contributed by atoms with Crippen LogP contribution in [0, 0.1) is 0 Å². The summed E-state index contributed by atoms with van der Waals surface area (Å²) in [6.07, 6.45) is 1.58. The Morgan fingerprint density at radius 2 is 2.04 bits per heavy atom. The van der Waals surface area contributed by atoms with Crippen LogP contribution >= 0.6 is 27.5 Å². The normalized spacial score (nSPS) is 11.4. The average Bonchev–Trinajstić information content (AvgIpc) is 2.94. The highest BCUT2D eigenvalue weighted by Crippen LogP contribution is 2.38. The minimum absolute atomic E-state index is 0.0719. The van der Waals surface area contributed by atoms with Gasteiger partial charge >= 0.3 is 0 Å². The Hall–Kier alpha value is -2.18. The molecule has 25 heavy (non-hydrogen) atoms. The molecule has 7 heteroatoms. The van der Waals surface area contributed by atoms with Gasteiger partial charge in [-0.25, -0.2) is 0 Å². The number of benzene rings is 2. The predicted octanol–water partition coefficient (Wildman–Crippen LogP) is 4.93. The lowest BCUT2D eigenvalue weighted by Gasteiger charge is -2.10. The third-order valence-corrected chi connectivity index (χ3v) is 5.10. The van der Waals surface area contributed by atoms with E-state index in [2.05, 4.69) is 25.9 Å². The van der Waals surface area contributed by atoms with E-state index in [9.17, 15) is 5.11 Å². The summed E-state index contributed by atoms with van der Waals surface area (Å²) in [5.74, 6) is 1.37. The smallest absolute Gasteiger partial charge is 0.165 e. The summed E-state index contributed by atoms with van der Waals surface area (Å²) < 4.78 is 11.4. The van der Waals surface area contributed by atoms with Gasteiger partial charge in [-0.05, 0) is 34.1 Å². The van der Waals surface area contributed by atoms with Crippen molar-refractivity contribution < 1.29 is 14.6 Å². The first-order valence-electron chi connectivity index (χ1n) is 7.45. The lowest BCUT2D eigenvalue weighted by atomic mass is 10.2. The molecule has 0 aliphatic rings. The van der Waals surface area contributed by atoms with Crippen LogP contribution in [-0.4, -0.2) is 30.5 Å². The molecule has 3 aromatic rings. The van der Waals surface area contributed by atoms with Crippen LogP contribution in [0.15, 0.2) is 39.8 Å². The number of hydrogen-bond donors (Lipinski definition) is 2. The van der Waals surface area contributed by atoms with Crippen molar-refractivity contribution in [1.29, 1.82) is 0 Å². The number of aromatic nitrogens is 1. The molecule has 0 bridgehead atoms. The summed E-state index contributed by atoms with van der Waals surface area (Å²) in [5.41, 5.74) is 2.12. The second kappa shape index (κ2) is 7.37. The fraction of sp³-hybridized carbons (Fsp3) is 0.167. The molecule has 0 spiro atoms. The standard InChI is InChI=1S/C18H16BrClN2O3/c1-24-14-5-3-4-10(18(14)25-2)8-21-9-13-17(23)15-12(22-13)7-6-11(19)16(15)20/h3-7,9,22-23H,8H2,1-2H3. The van der Waals surface area contributed by atoms with E-state index in [0.717, 1.165) is 15.6 Å². The molecular weight excluding hydrogens is 408 g/mol. The van der Waals surface area contributed by atoms with E-state index < -0.39 is 0 Å². The molecule has 2 N–H and O–H groups in total. The zero-order valence-electron chi connectivity index (χ0n) is 13.6. The first kappa shape index (κ1) is 17.6. The monoisotopic (exact) mass is 422 g/mol. The van der Waals surface area contributed by atoms with E-state index in [1.807, 2.05) is 30.3 Å². The average molecular weight is 424 g/mol. The number of rotatable bonds is 5. The molecule has 0 aliphatic carbocycles. The molecule has 0 saturated carbocycles. The number of fused-ring (bicyclic) bond motifs is 1. The Morgan fingerprint density at radius 1 is 1.24 bits per heavy atom. The van der Waals surface area contributed by atoms with Gasteiger partial charge in [0.15, 0.2) is 17.2 Å². The highest BCUT2D eigenvalue weighted by atomic mass is 79.9. The molecule has 0 amide bonds. The van der Waals surface area contributed by atoms with Crippen molar-refractivity contribution in [3.05, 3.63) is 51.1 Å². The molecule has 3 rings (SSSR count). The number of halogens is 2. The Balaban J connectivity index is 1.90. The highest BCUT2D eigenvalue weighted by Gasteiger charge is 2.14. The van der Waals surface area contributed by atoms with Gasteiger partial charge in [0.1, 0.15) is 0 Å². The van der Waals surface area contributed by atoms with E-state index in [0.29, 0.717) is 34.1 Å². The van der Waals surface area contributed by atoms with Crippen LogP contribution in [0.25, 0.3) is 10.9 Å². The number of para-hydroxylation sites is 1. The highest BCUT2D eigenvalue weighted by molar-refractivity contribution is 9.10. The molecule has 0 aliphatic heterocycles. The molecule has 0 saturated heterocycles. The Labute approximate surface area is 158 Å². The molecule has 2 aromatic carbocycles. The number of aliphatic imine (C=N–C) groups is 1. The third-order valence-electron chi connectivity index (χ3n) is 3.82. The van der Waals surface area contributed by atoms with Gasteiger partial charge in [-0.3, -0.25) is 4.99 Å². The van der Waals surface area contributed by atoms with Gasteiger partial charge in [0.2, 0.25) is 0 Å². The summed E-state index contributed by atoms with van der Waals surface area (Å²) in [4.78, 5) is 7.51. The summed E-state index contributed by atoms with van der Waals surface area (Å²) in [6, 6.07) is 9.28. The molecule has 0 radical (unpaired) electrons. The maximum atomic E-state index is 10.4. The number of H-pyrrole nitrogens is 1. The Bertz CT molecular complexity index is 953. The van der Waals surface area contributed by atoms with E-state index in [-0.39, 0.29) is 5.75 Å². The fourth-order valence-electron chi connectivity index (χ4n) is 2.63. The van der Waals surface area contributed by atoms with Crippen LogP contribution in [0.2, 0.25) is 5.02 Å². The van der Waals surface area contributed by atoms with Gasteiger partial charge in [0.25, 0.3) is 0 Å². The van der Waals surface area contributed by atoms with Gasteiger partial charge in [-0.2, -0.15) is 0 Å². The number of aromatic hydroxyl groups is 1. The number of nitrogens with zero attached hydrogens (tertiary/aromatic N) is 1. The maximum Gasteiger partial charge on any atom is 0.165 e. The molecule has 5 nitrogen and oxygen atoms in total. The number of aromatic amines is 1. The second-order valence-corrected chi connectivity index (χ2v) is 6.53. The summed E-state index contributed by atoms with van der Waals surface area (Å²) in [6.45, 7) is 0.382. The van der Waals surface area contributed by atoms with Crippen LogP contribution < -0.4 is 9.47 Å². The zero-order chi connectivity index (χ0) is 18.0. The van der Waals surface area contributed by atoms with Crippen LogP contribution in [0.5, 0.6) is 17.2 Å². The van der Waals surface area contributed by atoms with E-state index in [4.69, 9.17) is 21.1 Å². The van der Waals surface area contributed by atoms with Gasteiger partial charge in [0, 0.05) is 16.3 Å². The lowest BCUT2D eigenvalue weighted by molar-refractivity contribution is 0.352. The predicted molar refractivity (Wildman–Crippen MR) is 104 cm³/mol. The maximum absolute atomic E-state index is 10.4. The minimum atomic E-state index is 0.0719. The van der Waals surface area contributed by atoms with Gasteiger partial charge in [-0.15, -0.1) is 0 Å². The topological polar surface area (TPSA) is 66.8 Å². The number of nitrogens with one attached hydrogen (secondary N) is 1. The van der Waals surface area contributed by atoms with Crippen LogP contribution in [0.4, 0.5) is 0 Å². The number of methoxy groups -OCH3 is 2. The van der Waals surface area contributed by atoms with Crippen molar-refractivity contribution in [3.63, 3.8) is 0 Å². The Morgan fingerprint density at radius 3 is 2.76 bits per heavy atom. The summed E-state index contributed by atoms with van der Waals surface area (Å²) >= 11 is 9.60. The van der Waals surface area contributed by atoms with Crippen molar-refractivity contribution in [2.45, 2.75) is 6.54 Å². The molecular formula is C18H16BrClN2O3. The van der Waals surface area contributed by atoms with E-state index in [1.54, 1.807) is 20.4 Å². The third kappa shape index (κ3) is 3.32. The Kier molecular flexibility index (Phi) is 5.20. The van der Waals surface area contributed by atoms with Crippen molar-refractivity contribution in [2.75, 3.05) is 14.2 Å². The number of ether oxygens (including phenoxy) is 2. The zero-order valence-corrected chi connectivity index (χ0v) is 16.0. The van der Waals surface area contributed by atoms with Crippen molar-refractivity contribution in [3.8, 4) is 17.2 Å². The van der Waals surface area contributed by atoms with Crippen LogP contribution in [-0.2, 0) is 6.54 Å². The fourth-order valence-corrected chi connectivity index (χ4v) is 3.22. The van der Waals surface area contributed by atoms with Gasteiger partial charge < -0.3 is 19.6 Å². The molecule has 130 valence electrons. The van der Waals surface area contributed by atoms with E-state index >= 15 is 0 Å². The van der Waals surface area contributed by atoms with Crippen LogP contribution in [0.1, 0.15) is 11.3 Å². The van der Waals surface area contributed by atoms with Gasteiger partial charge in [-0.1, -0.05) is 23.7 Å². The minimum Gasteiger partial charge on any atom is -0.505 e. The summed E-state index contributed by atoms with van der Waals surface area (Å²) in [5, 5.41) is 11.4. The number of hydrogen-bond acceptors (Lipinski definition) is 4. The first-order chi connectivity index (χ1) is 12.1. The molecule has 0 atom stereocenters. The molecule has 1 heterocycles. The van der Waals surface area contributed by atoms with Gasteiger partial charge in [0.05, 0.1) is 42.4 Å². The first-order valence-corrected chi connectivity index (χ1v) is 8.62. The summed E-state index contributed by atoms with van der Waals surface area (Å²) in [7, 11) is 3.18. The lowest BCUT2D eigenvalue weighted by Crippen LogP contribution is -1.95. The quantitative estimate of drug-likeness (QED) is 0.572. The molecule has 1 aromatic heterocycles. The van der Waals surface area contributed by atoms with Crippen LogP contribution in [0.3, 0.4) is 0 Å². The SMILES string of the molecule is COc1cccc(CN=Cc2[nH]c3ccc(Br)c(Cl)c3c2O)c1OC.